The number of aromatic nitrogens is 3. The molecule has 2 heterocycles. The molecule has 2 aromatic heterocycles. The Balaban J connectivity index is 2.12. The minimum Gasteiger partial charge on any atom is -0.327 e. The average molecular weight is 265 g/mol. The minimum atomic E-state index is 0.162. The fourth-order valence-electron chi connectivity index (χ4n) is 2.40. The van der Waals surface area contributed by atoms with Crippen LogP contribution >= 0.6 is 0 Å². The second-order valence-electron chi connectivity index (χ2n) is 4.93. The Morgan fingerprint density at radius 3 is 2.65 bits per heavy atom. The summed E-state index contributed by atoms with van der Waals surface area (Å²) >= 11 is 0. The van der Waals surface area contributed by atoms with Crippen molar-refractivity contribution in [3.63, 3.8) is 0 Å². The van der Waals surface area contributed by atoms with Gasteiger partial charge in [-0.2, -0.15) is 0 Å². The van der Waals surface area contributed by atoms with E-state index in [1.165, 1.54) is 0 Å². The zero-order valence-electron chi connectivity index (χ0n) is 11.5. The Hall–Kier alpha value is -2.49. The molecule has 0 aliphatic rings. The highest BCUT2D eigenvalue weighted by Gasteiger charge is 2.10. The summed E-state index contributed by atoms with van der Waals surface area (Å²) in [6.45, 7) is 1.60. The van der Waals surface area contributed by atoms with Crippen molar-refractivity contribution in [3.05, 3.63) is 48.3 Å². The van der Waals surface area contributed by atoms with Gasteiger partial charge in [0, 0.05) is 31.4 Å². The van der Waals surface area contributed by atoms with Crippen LogP contribution in [0.15, 0.2) is 42.7 Å². The van der Waals surface area contributed by atoms with E-state index < -0.39 is 0 Å². The number of imidazole rings is 1. The van der Waals surface area contributed by atoms with Gasteiger partial charge in [0.2, 0.25) is 0 Å². The topological polar surface area (TPSA) is 47.8 Å². The summed E-state index contributed by atoms with van der Waals surface area (Å²) in [5.41, 5.74) is 4.01. The van der Waals surface area contributed by atoms with Crippen molar-refractivity contribution in [3.8, 4) is 11.4 Å². The predicted octanol–water partition coefficient (Wildman–Crippen LogP) is 2.77. The van der Waals surface area contributed by atoms with Crippen LogP contribution in [-0.2, 0) is 18.3 Å². The molecule has 20 heavy (non-hydrogen) atoms. The van der Waals surface area contributed by atoms with Crippen molar-refractivity contribution < 1.29 is 4.79 Å². The van der Waals surface area contributed by atoms with E-state index >= 15 is 0 Å². The fourth-order valence-corrected chi connectivity index (χ4v) is 2.40. The minimum absolute atomic E-state index is 0.162. The van der Waals surface area contributed by atoms with Crippen molar-refractivity contribution in [2.75, 3.05) is 0 Å². The van der Waals surface area contributed by atoms with Crippen molar-refractivity contribution >= 4 is 16.8 Å². The first-order chi connectivity index (χ1) is 9.65. The molecule has 0 saturated heterocycles. The van der Waals surface area contributed by atoms with Gasteiger partial charge in [-0.3, -0.25) is 9.78 Å². The summed E-state index contributed by atoms with van der Waals surface area (Å²) in [5.74, 6) is 1.07. The number of fused-ring (bicyclic) bond motifs is 1. The normalized spacial score (nSPS) is 10.9. The highest BCUT2D eigenvalue weighted by molar-refractivity contribution is 5.83. The Morgan fingerprint density at radius 2 is 1.95 bits per heavy atom. The van der Waals surface area contributed by atoms with Gasteiger partial charge in [0.1, 0.15) is 11.6 Å². The van der Waals surface area contributed by atoms with Crippen LogP contribution in [0.25, 0.3) is 22.4 Å². The van der Waals surface area contributed by atoms with Crippen molar-refractivity contribution in [1.29, 1.82) is 0 Å². The summed E-state index contributed by atoms with van der Waals surface area (Å²) < 4.78 is 2.06. The molecule has 0 amide bonds. The van der Waals surface area contributed by atoms with Gasteiger partial charge in [-0.05, 0) is 36.8 Å². The zero-order valence-corrected chi connectivity index (χ0v) is 11.5. The Kier molecular flexibility index (Phi) is 3.06. The molecular formula is C16H15N3O. The van der Waals surface area contributed by atoms with E-state index in [1.54, 1.807) is 19.3 Å². The third kappa shape index (κ3) is 2.20. The lowest BCUT2D eigenvalue weighted by Crippen LogP contribution is -1.96. The van der Waals surface area contributed by atoms with Crippen LogP contribution in [-0.4, -0.2) is 20.3 Å². The lowest BCUT2D eigenvalue weighted by molar-refractivity contribution is -0.116. The van der Waals surface area contributed by atoms with E-state index in [1.807, 2.05) is 37.4 Å². The molecule has 0 N–H and O–H groups in total. The van der Waals surface area contributed by atoms with Gasteiger partial charge in [0.15, 0.2) is 0 Å². The van der Waals surface area contributed by atoms with Gasteiger partial charge in [-0.25, -0.2) is 4.98 Å². The molecule has 0 bridgehead atoms. The molecular weight excluding hydrogens is 250 g/mol. The summed E-state index contributed by atoms with van der Waals surface area (Å²) in [5, 5.41) is 0. The fraction of sp³-hybridized carbons (Fsp3) is 0.188. The quantitative estimate of drug-likeness (QED) is 0.731. The first kappa shape index (κ1) is 12.5. The number of nitrogens with zero attached hydrogens (tertiary/aromatic N) is 3. The van der Waals surface area contributed by atoms with Crippen LogP contribution in [0.1, 0.15) is 12.5 Å². The molecule has 0 atom stereocenters. The highest BCUT2D eigenvalue weighted by Crippen LogP contribution is 2.24. The number of rotatable bonds is 3. The Labute approximate surface area is 117 Å². The average Bonchev–Trinajstić information content (AvgIpc) is 2.76. The Bertz CT molecular complexity index is 775. The van der Waals surface area contributed by atoms with E-state index in [-0.39, 0.29) is 5.78 Å². The van der Waals surface area contributed by atoms with Crippen LogP contribution in [0, 0.1) is 0 Å². The second-order valence-corrected chi connectivity index (χ2v) is 4.93. The summed E-state index contributed by atoms with van der Waals surface area (Å²) in [4.78, 5) is 19.9. The van der Waals surface area contributed by atoms with Crippen LogP contribution in [0.5, 0.6) is 0 Å². The lowest BCUT2D eigenvalue weighted by Gasteiger charge is -2.01. The molecule has 0 saturated carbocycles. The maximum Gasteiger partial charge on any atom is 0.140 e. The summed E-state index contributed by atoms with van der Waals surface area (Å²) in [6, 6.07) is 9.88. The number of aryl methyl sites for hydroxylation is 1. The molecule has 0 fully saturated rings. The molecule has 0 radical (unpaired) electrons. The number of carbonyl (C=O) groups excluding carboxylic acids is 1. The first-order valence-corrected chi connectivity index (χ1v) is 6.50. The zero-order chi connectivity index (χ0) is 14.1. The molecule has 0 aliphatic heterocycles. The van der Waals surface area contributed by atoms with Crippen LogP contribution in [0.3, 0.4) is 0 Å². The van der Waals surface area contributed by atoms with E-state index in [9.17, 15) is 4.79 Å². The van der Waals surface area contributed by atoms with Gasteiger partial charge >= 0.3 is 0 Å². The molecule has 4 heteroatoms. The maximum absolute atomic E-state index is 11.2. The Morgan fingerprint density at radius 1 is 1.20 bits per heavy atom. The number of ketones is 1. The van der Waals surface area contributed by atoms with Crippen LogP contribution < -0.4 is 0 Å². The van der Waals surface area contributed by atoms with Crippen molar-refractivity contribution in [2.45, 2.75) is 13.3 Å². The largest absolute Gasteiger partial charge is 0.327 e. The molecule has 0 unspecified atom stereocenters. The molecule has 3 rings (SSSR count). The number of hydrogen-bond acceptors (Lipinski definition) is 3. The number of carbonyl (C=O) groups is 1. The number of Topliss-reactive ketones (excluding diaryl/α,β-unsaturated/α-hetero) is 1. The highest BCUT2D eigenvalue weighted by atomic mass is 16.1. The third-order valence-corrected chi connectivity index (χ3v) is 3.34. The second kappa shape index (κ2) is 4.89. The van der Waals surface area contributed by atoms with Gasteiger partial charge in [-0.15, -0.1) is 0 Å². The van der Waals surface area contributed by atoms with E-state index in [2.05, 4.69) is 14.5 Å². The van der Waals surface area contributed by atoms with Crippen molar-refractivity contribution in [2.24, 2.45) is 7.05 Å². The first-order valence-electron chi connectivity index (χ1n) is 6.50. The monoisotopic (exact) mass is 265 g/mol. The molecule has 0 spiro atoms. The van der Waals surface area contributed by atoms with Gasteiger partial charge in [0.25, 0.3) is 0 Å². The molecule has 100 valence electrons. The molecule has 0 aliphatic carbocycles. The molecule has 4 nitrogen and oxygen atoms in total. The van der Waals surface area contributed by atoms with E-state index in [4.69, 9.17) is 0 Å². The third-order valence-electron chi connectivity index (χ3n) is 3.34. The summed E-state index contributed by atoms with van der Waals surface area (Å²) in [7, 11) is 2.00. The number of pyridine rings is 1. The van der Waals surface area contributed by atoms with Gasteiger partial charge < -0.3 is 4.57 Å². The SMILES string of the molecule is CC(=O)Cc1ccc2c(c1)nc(-c1ccncc1)n2C. The van der Waals surface area contributed by atoms with Gasteiger partial charge in [-0.1, -0.05) is 6.07 Å². The standard InChI is InChI=1S/C16H15N3O/c1-11(20)9-12-3-4-15-14(10-12)18-16(19(15)2)13-5-7-17-8-6-13/h3-8,10H,9H2,1-2H3. The van der Waals surface area contributed by atoms with E-state index in [0.29, 0.717) is 6.42 Å². The van der Waals surface area contributed by atoms with Crippen molar-refractivity contribution in [1.82, 2.24) is 14.5 Å². The molecule has 3 aromatic rings. The maximum atomic E-state index is 11.2. The lowest BCUT2D eigenvalue weighted by atomic mass is 10.1. The van der Waals surface area contributed by atoms with Crippen LogP contribution in [0.2, 0.25) is 0 Å². The number of benzene rings is 1. The summed E-state index contributed by atoms with van der Waals surface area (Å²) in [6.07, 6.45) is 3.98. The van der Waals surface area contributed by atoms with Gasteiger partial charge in [0.05, 0.1) is 11.0 Å². The van der Waals surface area contributed by atoms with Crippen LogP contribution in [0.4, 0.5) is 0 Å². The van der Waals surface area contributed by atoms with E-state index in [0.717, 1.165) is 28.0 Å². The smallest absolute Gasteiger partial charge is 0.140 e. The number of hydrogen-bond donors (Lipinski definition) is 0. The molecule has 1 aromatic carbocycles. The predicted molar refractivity (Wildman–Crippen MR) is 78.3 cm³/mol.